The topological polar surface area (TPSA) is 79.4 Å². The van der Waals surface area contributed by atoms with Gasteiger partial charge in [0.2, 0.25) is 5.43 Å². The third kappa shape index (κ3) is 1.73. The Morgan fingerprint density at radius 3 is 2.76 bits per heavy atom. The van der Waals surface area contributed by atoms with Gasteiger partial charge in [-0.15, -0.1) is 0 Å². The molecule has 0 aliphatic rings. The van der Waals surface area contributed by atoms with Gasteiger partial charge in [0.1, 0.15) is 17.1 Å². The third-order valence-corrected chi connectivity index (χ3v) is 2.37. The first-order valence-electron chi connectivity index (χ1n) is 4.67. The Morgan fingerprint density at radius 1 is 1.47 bits per heavy atom. The van der Waals surface area contributed by atoms with E-state index in [4.69, 9.17) is 9.84 Å². The molecule has 0 aliphatic carbocycles. The molecule has 88 valence electrons. The van der Waals surface area contributed by atoms with Gasteiger partial charge in [0, 0.05) is 12.3 Å². The first kappa shape index (κ1) is 11.1. The van der Waals surface area contributed by atoms with E-state index in [0.29, 0.717) is 0 Å². The number of H-pyrrole nitrogens is 1. The molecule has 0 bridgehead atoms. The Kier molecular flexibility index (Phi) is 2.55. The second-order valence-corrected chi connectivity index (χ2v) is 3.37. The number of carbonyl (C=O) groups is 1. The monoisotopic (exact) mass is 237 g/mol. The number of halogens is 1. The van der Waals surface area contributed by atoms with Crippen molar-refractivity contribution in [1.82, 2.24) is 4.98 Å². The average molecular weight is 237 g/mol. The fraction of sp³-hybridized carbons (Fsp3) is 0.0909. The second-order valence-electron chi connectivity index (χ2n) is 3.37. The molecule has 5 nitrogen and oxygen atoms in total. The van der Waals surface area contributed by atoms with Crippen LogP contribution < -0.4 is 10.2 Å². The number of nitrogens with one attached hydrogen (secondary N) is 1. The summed E-state index contributed by atoms with van der Waals surface area (Å²) in [6.45, 7) is 0. The number of rotatable bonds is 2. The lowest BCUT2D eigenvalue weighted by atomic mass is 10.1. The lowest BCUT2D eigenvalue weighted by Crippen LogP contribution is -2.15. The van der Waals surface area contributed by atoms with Gasteiger partial charge >= 0.3 is 5.97 Å². The number of carboxylic acid groups (broad SMARTS) is 1. The minimum Gasteiger partial charge on any atom is -0.494 e. The summed E-state index contributed by atoms with van der Waals surface area (Å²) < 4.78 is 18.1. The minimum atomic E-state index is -1.36. The van der Waals surface area contributed by atoms with Crippen molar-refractivity contribution < 1.29 is 19.0 Å². The Balaban J connectivity index is 2.91. The van der Waals surface area contributed by atoms with Crippen LogP contribution >= 0.6 is 0 Å². The normalized spacial score (nSPS) is 10.5. The molecule has 6 heteroatoms. The molecule has 2 aromatic rings. The summed E-state index contributed by atoms with van der Waals surface area (Å²) in [6, 6.07) is 2.09. The SMILES string of the molecule is COc1cc(F)cc2c(=O)c(C(=O)O)c[nH]c12. The van der Waals surface area contributed by atoms with Crippen molar-refractivity contribution in [3.63, 3.8) is 0 Å². The van der Waals surface area contributed by atoms with Crippen molar-refractivity contribution >= 4 is 16.9 Å². The zero-order valence-electron chi connectivity index (χ0n) is 8.78. The molecule has 17 heavy (non-hydrogen) atoms. The van der Waals surface area contributed by atoms with Crippen molar-refractivity contribution in [2.24, 2.45) is 0 Å². The van der Waals surface area contributed by atoms with Gasteiger partial charge in [-0.25, -0.2) is 9.18 Å². The Labute approximate surface area is 94.5 Å². The zero-order chi connectivity index (χ0) is 12.6. The lowest BCUT2D eigenvalue weighted by molar-refractivity contribution is 0.0695. The molecule has 1 aromatic carbocycles. The molecule has 0 unspecified atom stereocenters. The first-order chi connectivity index (χ1) is 8.04. The van der Waals surface area contributed by atoms with Crippen LogP contribution in [0.5, 0.6) is 5.75 Å². The van der Waals surface area contributed by atoms with E-state index in [1.165, 1.54) is 7.11 Å². The van der Waals surface area contributed by atoms with E-state index in [1.807, 2.05) is 0 Å². The summed E-state index contributed by atoms with van der Waals surface area (Å²) in [5.74, 6) is -1.88. The van der Waals surface area contributed by atoms with Gasteiger partial charge in [-0.05, 0) is 6.07 Å². The molecular formula is C11H8FNO4. The largest absolute Gasteiger partial charge is 0.494 e. The highest BCUT2D eigenvalue weighted by Gasteiger charge is 2.14. The maximum absolute atomic E-state index is 13.2. The van der Waals surface area contributed by atoms with Crippen molar-refractivity contribution in [3.05, 3.63) is 39.9 Å². The molecule has 1 heterocycles. The molecule has 0 saturated heterocycles. The first-order valence-corrected chi connectivity index (χ1v) is 4.67. The summed E-state index contributed by atoms with van der Waals surface area (Å²) in [6.07, 6.45) is 1.06. The highest BCUT2D eigenvalue weighted by molar-refractivity contribution is 5.93. The van der Waals surface area contributed by atoms with Gasteiger partial charge in [-0.3, -0.25) is 4.79 Å². The van der Waals surface area contributed by atoms with E-state index >= 15 is 0 Å². The highest BCUT2D eigenvalue weighted by atomic mass is 19.1. The number of aromatic amines is 1. The van der Waals surface area contributed by atoms with Crippen molar-refractivity contribution in [3.8, 4) is 5.75 Å². The molecular weight excluding hydrogens is 229 g/mol. The molecule has 0 fully saturated rings. The van der Waals surface area contributed by atoms with Gasteiger partial charge < -0.3 is 14.8 Å². The quantitative estimate of drug-likeness (QED) is 0.826. The number of hydrogen-bond acceptors (Lipinski definition) is 3. The standard InChI is InChI=1S/C11H8FNO4/c1-17-8-3-5(12)2-6-9(8)13-4-7(10(6)14)11(15)16/h2-4H,1H3,(H,13,14)(H,15,16). The van der Waals surface area contributed by atoms with Crippen LogP contribution in [0.1, 0.15) is 10.4 Å². The fourth-order valence-corrected chi connectivity index (χ4v) is 1.58. The number of carboxylic acids is 1. The Morgan fingerprint density at radius 2 is 2.18 bits per heavy atom. The van der Waals surface area contributed by atoms with Crippen LogP contribution in [0.2, 0.25) is 0 Å². The number of fused-ring (bicyclic) bond motifs is 1. The molecule has 2 N–H and O–H groups in total. The van der Waals surface area contributed by atoms with E-state index in [2.05, 4.69) is 4.98 Å². The smallest absolute Gasteiger partial charge is 0.341 e. The summed E-state index contributed by atoms with van der Waals surface area (Å²) in [7, 11) is 1.33. The molecule has 0 aliphatic heterocycles. The molecule has 1 aromatic heterocycles. The van der Waals surface area contributed by atoms with Crippen LogP contribution in [0.15, 0.2) is 23.1 Å². The third-order valence-electron chi connectivity index (χ3n) is 2.37. The van der Waals surface area contributed by atoms with Crippen molar-refractivity contribution in [2.75, 3.05) is 7.11 Å². The van der Waals surface area contributed by atoms with E-state index in [9.17, 15) is 14.0 Å². The van der Waals surface area contributed by atoms with E-state index in [0.717, 1.165) is 18.3 Å². The van der Waals surface area contributed by atoms with E-state index < -0.39 is 22.8 Å². The maximum Gasteiger partial charge on any atom is 0.341 e. The Hall–Kier alpha value is -2.37. The highest BCUT2D eigenvalue weighted by Crippen LogP contribution is 2.23. The summed E-state index contributed by atoms with van der Waals surface area (Å²) >= 11 is 0. The van der Waals surface area contributed by atoms with Crippen LogP contribution in [0.3, 0.4) is 0 Å². The predicted octanol–water partition coefficient (Wildman–Crippen LogP) is 1.37. The summed E-state index contributed by atoms with van der Waals surface area (Å²) in [4.78, 5) is 25.1. The summed E-state index contributed by atoms with van der Waals surface area (Å²) in [5.41, 5.74) is -0.918. The molecule has 0 amide bonds. The number of methoxy groups -OCH3 is 1. The molecule has 2 rings (SSSR count). The Bertz CT molecular complexity index is 662. The van der Waals surface area contributed by atoms with Gasteiger partial charge in [-0.1, -0.05) is 0 Å². The van der Waals surface area contributed by atoms with Gasteiger partial charge in [0.25, 0.3) is 0 Å². The second kappa shape index (κ2) is 3.89. The maximum atomic E-state index is 13.2. The molecule has 0 radical (unpaired) electrons. The molecule has 0 atom stereocenters. The molecule has 0 spiro atoms. The van der Waals surface area contributed by atoms with E-state index in [1.54, 1.807) is 0 Å². The van der Waals surface area contributed by atoms with Crippen LogP contribution in [-0.2, 0) is 0 Å². The number of hydrogen-bond donors (Lipinski definition) is 2. The molecule has 0 saturated carbocycles. The number of aromatic nitrogens is 1. The van der Waals surface area contributed by atoms with Crippen LogP contribution in [0.25, 0.3) is 10.9 Å². The number of ether oxygens (including phenoxy) is 1. The van der Waals surface area contributed by atoms with Gasteiger partial charge in [0.15, 0.2) is 0 Å². The van der Waals surface area contributed by atoms with Gasteiger partial charge in [0.05, 0.1) is 18.0 Å². The number of benzene rings is 1. The van der Waals surface area contributed by atoms with Crippen LogP contribution in [0.4, 0.5) is 4.39 Å². The van der Waals surface area contributed by atoms with Crippen LogP contribution in [-0.4, -0.2) is 23.2 Å². The van der Waals surface area contributed by atoms with E-state index in [-0.39, 0.29) is 16.7 Å². The summed E-state index contributed by atoms with van der Waals surface area (Å²) in [5, 5.41) is 8.72. The van der Waals surface area contributed by atoms with Crippen molar-refractivity contribution in [2.45, 2.75) is 0 Å². The fourth-order valence-electron chi connectivity index (χ4n) is 1.58. The predicted molar refractivity (Wildman–Crippen MR) is 58.0 cm³/mol. The zero-order valence-corrected chi connectivity index (χ0v) is 8.78. The van der Waals surface area contributed by atoms with Gasteiger partial charge in [-0.2, -0.15) is 0 Å². The van der Waals surface area contributed by atoms with Crippen molar-refractivity contribution in [1.29, 1.82) is 0 Å². The minimum absolute atomic E-state index is 0.0539. The average Bonchev–Trinajstić information content (AvgIpc) is 2.28. The lowest BCUT2D eigenvalue weighted by Gasteiger charge is -2.06. The van der Waals surface area contributed by atoms with Crippen LogP contribution in [0, 0.1) is 5.82 Å². The number of pyridine rings is 1. The number of aromatic carboxylic acids is 1.